The van der Waals surface area contributed by atoms with Crippen molar-refractivity contribution in [2.45, 2.75) is 32.4 Å². The van der Waals surface area contributed by atoms with Gasteiger partial charge >= 0.3 is 0 Å². The second kappa shape index (κ2) is 10.4. The molecule has 32 heavy (non-hydrogen) atoms. The van der Waals surface area contributed by atoms with Gasteiger partial charge in [0, 0.05) is 10.0 Å². The second-order valence-corrected chi connectivity index (χ2v) is 7.88. The molecule has 9 nitrogen and oxygen atoms in total. The second-order valence-electron chi connectivity index (χ2n) is 7.00. The van der Waals surface area contributed by atoms with E-state index in [0.717, 1.165) is 0 Å². The Labute approximate surface area is 194 Å². The maximum Gasteiger partial charge on any atom is 0.134 e. The molecule has 0 amide bonds. The van der Waals surface area contributed by atoms with E-state index in [-0.39, 0.29) is 26.3 Å². The Kier molecular flexibility index (Phi) is 7.21. The maximum absolute atomic E-state index is 10.4. The minimum Gasteiger partial charge on any atom is -0.487 e. The van der Waals surface area contributed by atoms with Crippen molar-refractivity contribution in [3.05, 3.63) is 82.4 Å². The third kappa shape index (κ3) is 6.43. The summed E-state index contributed by atoms with van der Waals surface area (Å²) in [5.41, 5.74) is 1.30. The lowest BCUT2D eigenvalue weighted by molar-refractivity contribution is 0.124. The van der Waals surface area contributed by atoms with Crippen LogP contribution in [0.1, 0.15) is 11.4 Å². The lowest BCUT2D eigenvalue weighted by Crippen LogP contribution is -2.22. The van der Waals surface area contributed by atoms with Crippen LogP contribution >= 0.6 is 23.2 Å². The molecule has 0 aliphatic heterocycles. The van der Waals surface area contributed by atoms with Gasteiger partial charge in [0.15, 0.2) is 0 Å². The highest BCUT2D eigenvalue weighted by molar-refractivity contribution is 6.30. The molecule has 0 aliphatic carbocycles. The smallest absolute Gasteiger partial charge is 0.134 e. The fraction of sp³-hybridized carbons (Fsp3) is 0.238. The fourth-order valence-corrected chi connectivity index (χ4v) is 3.11. The predicted molar refractivity (Wildman–Crippen MR) is 118 cm³/mol. The zero-order valence-electron chi connectivity index (χ0n) is 16.9. The number of halogens is 2. The lowest BCUT2D eigenvalue weighted by atomic mass is 10.3. The predicted octanol–water partition coefficient (Wildman–Crippen LogP) is 3.40. The van der Waals surface area contributed by atoms with E-state index in [1.165, 1.54) is 0 Å². The van der Waals surface area contributed by atoms with Crippen LogP contribution in [-0.4, -0.2) is 41.2 Å². The van der Waals surface area contributed by atoms with Gasteiger partial charge in [0.25, 0.3) is 0 Å². The Balaban J connectivity index is 1.23. The number of benzene rings is 2. The van der Waals surface area contributed by atoms with Gasteiger partial charge in [-0.15, -0.1) is 10.2 Å². The number of hydrogen-bond donors (Lipinski definition) is 1. The van der Waals surface area contributed by atoms with Gasteiger partial charge in [0.05, 0.1) is 31.6 Å². The van der Waals surface area contributed by atoms with Crippen LogP contribution in [0.2, 0.25) is 10.0 Å². The summed E-state index contributed by atoms with van der Waals surface area (Å²) in [6, 6.07) is 14.1. The zero-order valence-corrected chi connectivity index (χ0v) is 18.4. The molecule has 0 saturated heterocycles. The molecule has 0 aliphatic rings. The van der Waals surface area contributed by atoms with Crippen molar-refractivity contribution >= 4 is 23.2 Å². The average molecular weight is 475 g/mol. The summed E-state index contributed by atoms with van der Waals surface area (Å²) in [5, 5.41) is 27.9. The highest BCUT2D eigenvalue weighted by atomic mass is 35.5. The highest BCUT2D eigenvalue weighted by Gasteiger charge is 2.11. The molecule has 166 valence electrons. The van der Waals surface area contributed by atoms with Crippen LogP contribution in [-0.2, 0) is 26.3 Å². The summed E-state index contributed by atoms with van der Waals surface area (Å²) < 4.78 is 14.4. The fourth-order valence-electron chi connectivity index (χ4n) is 2.85. The van der Waals surface area contributed by atoms with Gasteiger partial charge in [-0.25, -0.2) is 9.36 Å². The number of nitrogens with zero attached hydrogens (tertiary/aromatic N) is 6. The van der Waals surface area contributed by atoms with Gasteiger partial charge in [0.1, 0.15) is 36.1 Å². The van der Waals surface area contributed by atoms with Crippen LogP contribution in [0.5, 0.6) is 11.5 Å². The van der Waals surface area contributed by atoms with E-state index in [2.05, 4.69) is 20.6 Å². The molecule has 4 aromatic rings. The van der Waals surface area contributed by atoms with Crippen LogP contribution in [0.25, 0.3) is 0 Å². The minimum atomic E-state index is -0.728. The van der Waals surface area contributed by atoms with Crippen LogP contribution in [0.4, 0.5) is 0 Å². The maximum atomic E-state index is 10.4. The van der Waals surface area contributed by atoms with Crippen molar-refractivity contribution in [3.8, 4) is 11.5 Å². The Morgan fingerprint density at radius 3 is 1.53 bits per heavy atom. The topological polar surface area (TPSA) is 100 Å². The summed E-state index contributed by atoms with van der Waals surface area (Å²) in [7, 11) is 0. The number of aliphatic hydroxyl groups excluding tert-OH is 1. The van der Waals surface area contributed by atoms with E-state index in [4.69, 9.17) is 32.7 Å². The molecule has 0 saturated carbocycles. The van der Waals surface area contributed by atoms with Crippen LogP contribution < -0.4 is 9.47 Å². The van der Waals surface area contributed by atoms with Crippen LogP contribution in [0.3, 0.4) is 0 Å². The van der Waals surface area contributed by atoms with Crippen molar-refractivity contribution in [1.82, 2.24) is 30.0 Å². The van der Waals surface area contributed by atoms with Gasteiger partial charge in [-0.1, -0.05) is 33.6 Å². The monoisotopic (exact) mass is 474 g/mol. The summed E-state index contributed by atoms with van der Waals surface area (Å²) >= 11 is 11.7. The Morgan fingerprint density at radius 2 is 1.12 bits per heavy atom. The SMILES string of the molecule is OC(Cn1cc(COc2ccc(Cl)cc2)nn1)Cn1cc(COc2ccc(Cl)cc2)nn1. The molecular formula is C21H20Cl2N6O3. The quantitative estimate of drug-likeness (QED) is 0.375. The Morgan fingerprint density at radius 1 is 0.719 bits per heavy atom. The normalized spacial score (nSPS) is 11.1. The van der Waals surface area contributed by atoms with Crippen molar-refractivity contribution in [3.63, 3.8) is 0 Å². The molecule has 0 bridgehead atoms. The summed E-state index contributed by atoms with van der Waals surface area (Å²) in [4.78, 5) is 0. The molecule has 2 aromatic heterocycles. The Bertz CT molecular complexity index is 1040. The largest absolute Gasteiger partial charge is 0.487 e. The zero-order chi connectivity index (χ0) is 22.3. The van der Waals surface area contributed by atoms with Crippen molar-refractivity contribution in [1.29, 1.82) is 0 Å². The molecule has 2 aromatic carbocycles. The van der Waals surface area contributed by atoms with Gasteiger partial charge in [0.2, 0.25) is 0 Å². The Hall–Kier alpha value is -3.14. The molecule has 1 N–H and O–H groups in total. The first-order valence-electron chi connectivity index (χ1n) is 9.76. The summed E-state index contributed by atoms with van der Waals surface area (Å²) in [6.07, 6.45) is 2.73. The van der Waals surface area contributed by atoms with E-state index in [1.807, 2.05) is 0 Å². The third-order valence-corrected chi connectivity index (χ3v) is 4.87. The van der Waals surface area contributed by atoms with Gasteiger partial charge < -0.3 is 14.6 Å². The highest BCUT2D eigenvalue weighted by Crippen LogP contribution is 2.17. The van der Waals surface area contributed by atoms with Crippen molar-refractivity contribution in [2.75, 3.05) is 0 Å². The number of rotatable bonds is 10. The molecular weight excluding hydrogens is 455 g/mol. The summed E-state index contributed by atoms with van der Waals surface area (Å²) in [6.45, 7) is 1.03. The van der Waals surface area contributed by atoms with Crippen LogP contribution in [0, 0.1) is 0 Å². The van der Waals surface area contributed by atoms with Gasteiger partial charge in [-0.3, -0.25) is 0 Å². The van der Waals surface area contributed by atoms with E-state index in [1.54, 1.807) is 70.3 Å². The lowest BCUT2D eigenvalue weighted by Gasteiger charge is -2.09. The minimum absolute atomic E-state index is 0.254. The third-order valence-electron chi connectivity index (χ3n) is 4.37. The average Bonchev–Trinajstić information content (AvgIpc) is 3.42. The van der Waals surface area contributed by atoms with E-state index >= 15 is 0 Å². The molecule has 0 fully saturated rings. The molecule has 0 radical (unpaired) electrons. The van der Waals surface area contributed by atoms with E-state index in [0.29, 0.717) is 32.9 Å². The standard InChI is InChI=1S/C21H20Cl2N6O3/c22-15-1-5-20(6-2-15)31-13-17-9-28(26-24-17)11-19(30)12-29-10-18(25-27-29)14-32-21-7-3-16(23)4-8-21/h1-10,19,30H,11-14H2. The van der Waals surface area contributed by atoms with Gasteiger partial charge in [-0.05, 0) is 48.5 Å². The molecule has 2 heterocycles. The molecule has 0 unspecified atom stereocenters. The van der Waals surface area contributed by atoms with Crippen LogP contribution in [0.15, 0.2) is 60.9 Å². The number of hydrogen-bond acceptors (Lipinski definition) is 7. The molecule has 4 rings (SSSR count). The number of aromatic nitrogens is 6. The summed E-state index contributed by atoms with van der Waals surface area (Å²) in [5.74, 6) is 1.37. The number of ether oxygens (including phenoxy) is 2. The van der Waals surface area contributed by atoms with Crippen molar-refractivity contribution in [2.24, 2.45) is 0 Å². The molecule has 11 heteroatoms. The number of aliphatic hydroxyl groups is 1. The first-order chi connectivity index (χ1) is 15.5. The molecule has 0 atom stereocenters. The molecule has 0 spiro atoms. The van der Waals surface area contributed by atoms with E-state index in [9.17, 15) is 5.11 Å². The van der Waals surface area contributed by atoms with Crippen molar-refractivity contribution < 1.29 is 14.6 Å². The first-order valence-corrected chi connectivity index (χ1v) is 10.5. The van der Waals surface area contributed by atoms with Gasteiger partial charge in [-0.2, -0.15) is 0 Å². The first kappa shape index (κ1) is 22.1. The van der Waals surface area contributed by atoms with E-state index < -0.39 is 6.10 Å².